The SMILES string of the molecule is CC(=O)NCCCCCC(=O)NCc1ccc([C@H]2O[C@@H](CN3CCC[C@H]3C(=O)OC(C)(C)C)C[C@@H](c3ccc(CO)cc3)O2)cc1. The van der Waals surface area contributed by atoms with Crippen molar-refractivity contribution in [3.05, 3.63) is 70.8 Å². The lowest BCUT2D eigenvalue weighted by molar-refractivity contribution is -0.253. The van der Waals surface area contributed by atoms with Crippen LogP contribution in [0.1, 0.15) is 107 Å². The van der Waals surface area contributed by atoms with Crippen LogP contribution in [-0.2, 0) is 41.7 Å². The largest absolute Gasteiger partial charge is 0.459 e. The molecule has 2 heterocycles. The van der Waals surface area contributed by atoms with E-state index < -0.39 is 11.9 Å². The summed E-state index contributed by atoms with van der Waals surface area (Å²) in [6, 6.07) is 15.4. The van der Waals surface area contributed by atoms with E-state index in [0.29, 0.717) is 32.5 Å². The average Bonchev–Trinajstić information content (AvgIpc) is 3.49. The van der Waals surface area contributed by atoms with E-state index in [2.05, 4.69) is 15.5 Å². The van der Waals surface area contributed by atoms with Crippen molar-refractivity contribution in [1.29, 1.82) is 0 Å². The quantitative estimate of drug-likeness (QED) is 0.199. The van der Waals surface area contributed by atoms with Gasteiger partial charge < -0.3 is 30.0 Å². The van der Waals surface area contributed by atoms with Crippen LogP contribution in [0.5, 0.6) is 0 Å². The summed E-state index contributed by atoms with van der Waals surface area (Å²) in [6.07, 6.45) is 4.29. The van der Waals surface area contributed by atoms with Crippen molar-refractivity contribution in [2.75, 3.05) is 19.6 Å². The van der Waals surface area contributed by atoms with Crippen LogP contribution in [0.2, 0.25) is 0 Å². The lowest BCUT2D eigenvalue weighted by Gasteiger charge is -2.38. The molecule has 3 N–H and O–H groups in total. The number of unbranched alkanes of at least 4 members (excludes halogenated alkanes) is 2. The van der Waals surface area contributed by atoms with Crippen LogP contribution in [0.3, 0.4) is 0 Å². The highest BCUT2D eigenvalue weighted by molar-refractivity contribution is 5.76. The number of carbonyl (C=O) groups is 3. The van der Waals surface area contributed by atoms with Gasteiger partial charge in [-0.15, -0.1) is 0 Å². The van der Waals surface area contributed by atoms with Gasteiger partial charge in [0.15, 0.2) is 6.29 Å². The first kappa shape index (κ1) is 35.5. The van der Waals surface area contributed by atoms with Gasteiger partial charge in [0.2, 0.25) is 11.8 Å². The second kappa shape index (κ2) is 17.0. The minimum absolute atomic E-state index is 0.00653. The Labute approximate surface area is 273 Å². The first-order valence-corrected chi connectivity index (χ1v) is 16.6. The molecule has 0 unspecified atom stereocenters. The molecule has 2 aliphatic rings. The topological polar surface area (TPSA) is 126 Å². The molecular formula is C36H51N3O7. The Morgan fingerprint density at radius 3 is 2.30 bits per heavy atom. The number of hydrogen-bond acceptors (Lipinski definition) is 8. The second-order valence-corrected chi connectivity index (χ2v) is 13.3. The minimum Gasteiger partial charge on any atom is -0.459 e. The smallest absolute Gasteiger partial charge is 0.323 e. The van der Waals surface area contributed by atoms with Crippen LogP contribution in [0, 0.1) is 0 Å². The van der Waals surface area contributed by atoms with E-state index in [1.54, 1.807) is 0 Å². The van der Waals surface area contributed by atoms with Gasteiger partial charge in [0.1, 0.15) is 11.6 Å². The van der Waals surface area contributed by atoms with E-state index in [1.807, 2.05) is 69.3 Å². The molecule has 4 rings (SSSR count). The van der Waals surface area contributed by atoms with Gasteiger partial charge >= 0.3 is 5.97 Å². The van der Waals surface area contributed by atoms with Gasteiger partial charge in [-0.1, -0.05) is 55.0 Å². The summed E-state index contributed by atoms with van der Waals surface area (Å²) >= 11 is 0. The van der Waals surface area contributed by atoms with E-state index in [4.69, 9.17) is 14.2 Å². The zero-order valence-electron chi connectivity index (χ0n) is 27.8. The molecule has 0 radical (unpaired) electrons. The Balaban J connectivity index is 1.37. The molecule has 0 spiro atoms. The Kier molecular flexibility index (Phi) is 13.1. The molecule has 2 saturated heterocycles. The molecule has 2 aliphatic heterocycles. The molecule has 10 nitrogen and oxygen atoms in total. The molecule has 2 amide bonds. The molecule has 252 valence electrons. The van der Waals surface area contributed by atoms with Crippen LogP contribution in [-0.4, -0.2) is 65.2 Å². The molecule has 4 atom stereocenters. The maximum absolute atomic E-state index is 13.0. The summed E-state index contributed by atoms with van der Waals surface area (Å²) in [5.74, 6) is -0.212. The van der Waals surface area contributed by atoms with E-state index in [9.17, 15) is 19.5 Å². The fraction of sp³-hybridized carbons (Fsp3) is 0.583. The highest BCUT2D eigenvalue weighted by Crippen LogP contribution is 2.39. The van der Waals surface area contributed by atoms with E-state index in [1.165, 1.54) is 6.92 Å². The summed E-state index contributed by atoms with van der Waals surface area (Å²) in [6.45, 7) is 9.62. The van der Waals surface area contributed by atoms with Gasteiger partial charge in [0.05, 0.1) is 18.8 Å². The first-order chi connectivity index (χ1) is 22.0. The van der Waals surface area contributed by atoms with Gasteiger partial charge in [-0.3, -0.25) is 19.3 Å². The Bertz CT molecular complexity index is 1280. The lowest BCUT2D eigenvalue weighted by Crippen LogP contribution is -2.45. The number of esters is 1. The zero-order chi connectivity index (χ0) is 33.1. The predicted molar refractivity (Wildman–Crippen MR) is 174 cm³/mol. The predicted octanol–water partition coefficient (Wildman–Crippen LogP) is 4.84. The molecule has 46 heavy (non-hydrogen) atoms. The van der Waals surface area contributed by atoms with Crippen LogP contribution >= 0.6 is 0 Å². The molecule has 2 aromatic carbocycles. The average molecular weight is 638 g/mol. The van der Waals surface area contributed by atoms with E-state index in [0.717, 1.165) is 60.9 Å². The summed E-state index contributed by atoms with van der Waals surface area (Å²) in [5.41, 5.74) is 3.16. The number of carbonyl (C=O) groups excluding carboxylic acids is 3. The van der Waals surface area contributed by atoms with Crippen LogP contribution in [0.4, 0.5) is 0 Å². The standard InChI is InChI=1S/C36H51N3O7/c1-25(41)37-19-7-5-6-10-33(42)38-22-26-11-17-29(18-12-26)35-44-30(21-32(45-35)28-15-13-27(24-40)14-16-28)23-39-20-8-9-31(39)34(43)46-36(2,3)4/h11-18,30-32,35,40H,5-10,19-24H2,1-4H3,(H,37,41)(H,38,42)/t30-,31+,32+,35+/m1/s1. The van der Waals surface area contributed by atoms with Crippen molar-refractivity contribution >= 4 is 17.8 Å². The number of benzene rings is 2. The Morgan fingerprint density at radius 2 is 1.63 bits per heavy atom. The first-order valence-electron chi connectivity index (χ1n) is 16.6. The summed E-state index contributed by atoms with van der Waals surface area (Å²) in [7, 11) is 0. The van der Waals surface area contributed by atoms with Crippen LogP contribution in [0.25, 0.3) is 0 Å². The zero-order valence-corrected chi connectivity index (χ0v) is 27.8. The van der Waals surface area contributed by atoms with E-state index in [-0.39, 0.29) is 42.6 Å². The fourth-order valence-corrected chi connectivity index (χ4v) is 5.91. The molecule has 0 saturated carbocycles. The number of nitrogens with zero attached hydrogens (tertiary/aromatic N) is 1. The molecule has 10 heteroatoms. The molecule has 2 fully saturated rings. The van der Waals surface area contributed by atoms with Crippen molar-refractivity contribution in [3.8, 4) is 0 Å². The van der Waals surface area contributed by atoms with Crippen molar-refractivity contribution in [2.24, 2.45) is 0 Å². The molecule has 0 aliphatic carbocycles. The summed E-state index contributed by atoms with van der Waals surface area (Å²) < 4.78 is 18.8. The number of hydrogen-bond donors (Lipinski definition) is 3. The second-order valence-electron chi connectivity index (χ2n) is 13.3. The van der Waals surface area contributed by atoms with Crippen molar-refractivity contribution < 1.29 is 33.7 Å². The summed E-state index contributed by atoms with van der Waals surface area (Å²) in [5, 5.41) is 15.3. The number of ether oxygens (including phenoxy) is 3. The van der Waals surface area contributed by atoms with Gasteiger partial charge in [-0.05, 0) is 69.7 Å². The van der Waals surface area contributed by atoms with E-state index >= 15 is 0 Å². The van der Waals surface area contributed by atoms with Crippen LogP contribution < -0.4 is 10.6 Å². The maximum Gasteiger partial charge on any atom is 0.323 e. The minimum atomic E-state index is -0.606. The maximum atomic E-state index is 13.0. The lowest BCUT2D eigenvalue weighted by atomic mass is 9.99. The normalized spacial score (nSPS) is 21.9. The number of aliphatic hydroxyl groups is 1. The molecule has 0 aromatic heterocycles. The van der Waals surface area contributed by atoms with Crippen molar-refractivity contribution in [3.63, 3.8) is 0 Å². The Morgan fingerprint density at radius 1 is 0.935 bits per heavy atom. The third kappa shape index (κ3) is 11.2. The van der Waals surface area contributed by atoms with Crippen LogP contribution in [0.15, 0.2) is 48.5 Å². The fourth-order valence-electron chi connectivity index (χ4n) is 5.91. The third-order valence-electron chi connectivity index (χ3n) is 8.29. The van der Waals surface area contributed by atoms with Crippen molar-refractivity contribution in [2.45, 2.75) is 116 Å². The molecular weight excluding hydrogens is 586 g/mol. The van der Waals surface area contributed by atoms with Gasteiger partial charge in [0.25, 0.3) is 0 Å². The monoisotopic (exact) mass is 637 g/mol. The molecule has 0 bridgehead atoms. The number of nitrogens with one attached hydrogen (secondary N) is 2. The molecule has 2 aromatic rings. The summed E-state index contributed by atoms with van der Waals surface area (Å²) in [4.78, 5) is 38.4. The number of amides is 2. The number of aliphatic hydroxyl groups excluding tert-OH is 1. The number of likely N-dealkylation sites (tertiary alicyclic amines) is 1. The van der Waals surface area contributed by atoms with Gasteiger partial charge in [0, 0.05) is 45.0 Å². The van der Waals surface area contributed by atoms with Gasteiger partial charge in [-0.2, -0.15) is 0 Å². The van der Waals surface area contributed by atoms with Crippen molar-refractivity contribution in [1.82, 2.24) is 15.5 Å². The highest BCUT2D eigenvalue weighted by Gasteiger charge is 2.38. The third-order valence-corrected chi connectivity index (χ3v) is 8.29. The highest BCUT2D eigenvalue weighted by atomic mass is 16.7. The van der Waals surface area contributed by atoms with Gasteiger partial charge in [-0.25, -0.2) is 0 Å². The Hall–Kier alpha value is -3.31. The number of rotatable bonds is 14.